The highest BCUT2D eigenvalue weighted by Crippen LogP contribution is 2.39. The molecule has 4 N–H and O–H groups in total. The number of nitrogens with one attached hydrogen (secondary N) is 4. The minimum absolute atomic E-state index is 0.0665. The molecule has 3 aliphatic heterocycles. The highest BCUT2D eigenvalue weighted by atomic mass is 16.5. The van der Waals surface area contributed by atoms with Crippen LogP contribution < -0.4 is 26.0 Å². The standard InChI is InChI=1S/C28H35N5O/c1-3-34-22-8-4-19(5-9-22)27-29-24-11-7-21(17-26(24)31-27)28-30-23-10-6-20(16-25(23)32-28)18-12-14-33(2)15-13-18/h4-5,7-9,11,16-18,27-32H,3,6,10,12-15H2,1-2H3. The number of benzene rings is 2. The van der Waals surface area contributed by atoms with Crippen LogP contribution in [0.3, 0.4) is 0 Å². The predicted octanol–water partition coefficient (Wildman–Crippen LogP) is 5.09. The Morgan fingerprint density at radius 2 is 1.59 bits per heavy atom. The molecule has 2 unspecified atom stereocenters. The van der Waals surface area contributed by atoms with Crippen molar-refractivity contribution in [2.75, 3.05) is 37.4 Å². The average molecular weight is 458 g/mol. The molecular formula is C28H35N5O. The Labute approximate surface area is 202 Å². The van der Waals surface area contributed by atoms with Crippen LogP contribution in [0.25, 0.3) is 0 Å². The third kappa shape index (κ3) is 4.11. The fraction of sp³-hybridized carbons (Fsp3) is 0.429. The van der Waals surface area contributed by atoms with Gasteiger partial charge in [-0.05, 0) is 100 Å². The first-order valence-corrected chi connectivity index (χ1v) is 12.7. The third-order valence-electron chi connectivity index (χ3n) is 7.68. The van der Waals surface area contributed by atoms with Gasteiger partial charge >= 0.3 is 0 Å². The summed E-state index contributed by atoms with van der Waals surface area (Å²) in [6.07, 6.45) is 7.51. The third-order valence-corrected chi connectivity index (χ3v) is 7.68. The molecule has 34 heavy (non-hydrogen) atoms. The van der Waals surface area contributed by atoms with Crippen molar-refractivity contribution in [1.82, 2.24) is 15.5 Å². The summed E-state index contributed by atoms with van der Waals surface area (Å²) >= 11 is 0. The summed E-state index contributed by atoms with van der Waals surface area (Å²) in [5, 5.41) is 14.7. The number of nitrogens with zero attached hydrogens (tertiary/aromatic N) is 1. The van der Waals surface area contributed by atoms with Gasteiger partial charge in [0.1, 0.15) is 18.1 Å². The molecule has 2 aromatic rings. The second kappa shape index (κ2) is 8.91. The van der Waals surface area contributed by atoms with Gasteiger partial charge in [0.05, 0.1) is 23.7 Å². The molecule has 6 heteroatoms. The lowest BCUT2D eigenvalue weighted by atomic mass is 9.84. The van der Waals surface area contributed by atoms with Gasteiger partial charge in [-0.1, -0.05) is 23.8 Å². The first-order valence-electron chi connectivity index (χ1n) is 12.7. The van der Waals surface area contributed by atoms with Crippen molar-refractivity contribution >= 4 is 11.4 Å². The van der Waals surface area contributed by atoms with E-state index >= 15 is 0 Å². The number of hydrogen-bond donors (Lipinski definition) is 4. The largest absolute Gasteiger partial charge is 0.494 e. The number of allylic oxidation sites excluding steroid dienone is 3. The van der Waals surface area contributed by atoms with Gasteiger partial charge in [0.2, 0.25) is 0 Å². The highest BCUT2D eigenvalue weighted by Gasteiger charge is 2.30. The molecule has 1 aliphatic carbocycles. The number of piperidine rings is 1. The van der Waals surface area contributed by atoms with E-state index in [1.807, 2.05) is 19.1 Å². The molecule has 6 rings (SSSR count). The Morgan fingerprint density at radius 1 is 0.853 bits per heavy atom. The zero-order valence-electron chi connectivity index (χ0n) is 20.2. The van der Waals surface area contributed by atoms with Gasteiger partial charge in [-0.2, -0.15) is 0 Å². The highest BCUT2D eigenvalue weighted by molar-refractivity contribution is 5.76. The molecule has 178 valence electrons. The van der Waals surface area contributed by atoms with Crippen LogP contribution in [0.2, 0.25) is 0 Å². The minimum atomic E-state index is 0.0665. The molecule has 2 aromatic carbocycles. The number of ether oxygens (including phenoxy) is 1. The molecule has 3 heterocycles. The number of anilines is 2. The normalized spacial score (nSPS) is 24.4. The number of rotatable bonds is 5. The number of fused-ring (bicyclic) bond motifs is 1. The summed E-state index contributed by atoms with van der Waals surface area (Å²) in [4.78, 5) is 2.45. The molecule has 0 radical (unpaired) electrons. The van der Waals surface area contributed by atoms with Crippen LogP contribution in [0, 0.1) is 5.92 Å². The van der Waals surface area contributed by atoms with Gasteiger partial charge < -0.3 is 30.9 Å². The second-order valence-electron chi connectivity index (χ2n) is 9.94. The SMILES string of the molecule is CCOc1ccc(C2Nc3ccc(C4NC5=C(CCC(C6CCN(C)CC6)=C5)N4)cc3N2)cc1. The van der Waals surface area contributed by atoms with E-state index in [-0.39, 0.29) is 12.3 Å². The summed E-state index contributed by atoms with van der Waals surface area (Å²) < 4.78 is 5.58. The lowest BCUT2D eigenvalue weighted by Crippen LogP contribution is -2.31. The summed E-state index contributed by atoms with van der Waals surface area (Å²) in [6.45, 7) is 5.13. The van der Waals surface area contributed by atoms with E-state index in [0.717, 1.165) is 29.5 Å². The van der Waals surface area contributed by atoms with Crippen LogP contribution >= 0.6 is 0 Å². The molecule has 6 nitrogen and oxygen atoms in total. The molecular weight excluding hydrogens is 422 g/mol. The Kier molecular flexibility index (Phi) is 5.61. The maximum atomic E-state index is 5.58. The summed E-state index contributed by atoms with van der Waals surface area (Å²) in [7, 11) is 2.24. The van der Waals surface area contributed by atoms with E-state index in [1.54, 1.807) is 5.57 Å². The molecule has 0 aromatic heterocycles. The van der Waals surface area contributed by atoms with E-state index in [4.69, 9.17) is 4.74 Å². The van der Waals surface area contributed by atoms with Gasteiger partial charge in [-0.3, -0.25) is 0 Å². The Morgan fingerprint density at radius 3 is 2.38 bits per heavy atom. The van der Waals surface area contributed by atoms with Crippen molar-refractivity contribution in [3.63, 3.8) is 0 Å². The van der Waals surface area contributed by atoms with Crippen LogP contribution in [0.4, 0.5) is 11.4 Å². The molecule has 0 saturated carbocycles. The number of hydrogen-bond acceptors (Lipinski definition) is 6. The van der Waals surface area contributed by atoms with Crippen LogP contribution in [0.15, 0.2) is 65.5 Å². The van der Waals surface area contributed by atoms with Gasteiger partial charge in [-0.15, -0.1) is 0 Å². The maximum Gasteiger partial charge on any atom is 0.123 e. The van der Waals surface area contributed by atoms with E-state index < -0.39 is 0 Å². The fourth-order valence-corrected chi connectivity index (χ4v) is 5.68. The summed E-state index contributed by atoms with van der Waals surface area (Å²) in [5.74, 6) is 1.66. The first kappa shape index (κ1) is 21.4. The van der Waals surface area contributed by atoms with Crippen LogP contribution in [0.1, 0.15) is 56.1 Å². The molecule has 1 saturated heterocycles. The monoisotopic (exact) mass is 457 g/mol. The molecule has 0 spiro atoms. The predicted molar refractivity (Wildman–Crippen MR) is 138 cm³/mol. The van der Waals surface area contributed by atoms with E-state index in [9.17, 15) is 0 Å². The van der Waals surface area contributed by atoms with Crippen molar-refractivity contribution in [3.05, 3.63) is 76.6 Å². The van der Waals surface area contributed by atoms with E-state index in [0.29, 0.717) is 6.61 Å². The molecule has 0 amide bonds. The number of likely N-dealkylation sites (tertiary alicyclic amines) is 1. The Hall–Kier alpha value is -3.12. The Bertz CT molecular complexity index is 1110. The van der Waals surface area contributed by atoms with Crippen LogP contribution in [-0.4, -0.2) is 31.6 Å². The molecule has 0 bridgehead atoms. The lowest BCUT2D eigenvalue weighted by Gasteiger charge is -2.31. The quantitative estimate of drug-likeness (QED) is 0.502. The van der Waals surface area contributed by atoms with Gasteiger partial charge in [0.15, 0.2) is 0 Å². The smallest absolute Gasteiger partial charge is 0.123 e. The van der Waals surface area contributed by atoms with Crippen molar-refractivity contribution in [2.45, 2.75) is 44.9 Å². The van der Waals surface area contributed by atoms with Crippen molar-refractivity contribution in [2.24, 2.45) is 5.92 Å². The van der Waals surface area contributed by atoms with Crippen LogP contribution in [-0.2, 0) is 0 Å². The summed E-state index contributed by atoms with van der Waals surface area (Å²) in [5.41, 5.74) is 9.03. The zero-order chi connectivity index (χ0) is 23.1. The first-order chi connectivity index (χ1) is 16.7. The van der Waals surface area contributed by atoms with Crippen LogP contribution in [0.5, 0.6) is 5.75 Å². The molecule has 2 atom stereocenters. The van der Waals surface area contributed by atoms with Gasteiger partial charge in [0.25, 0.3) is 0 Å². The Balaban J connectivity index is 1.12. The van der Waals surface area contributed by atoms with Crippen molar-refractivity contribution in [3.8, 4) is 5.75 Å². The maximum absolute atomic E-state index is 5.58. The van der Waals surface area contributed by atoms with E-state index in [2.05, 4.69) is 69.6 Å². The fourth-order valence-electron chi connectivity index (χ4n) is 5.68. The van der Waals surface area contributed by atoms with Crippen molar-refractivity contribution in [1.29, 1.82) is 0 Å². The zero-order valence-corrected chi connectivity index (χ0v) is 20.2. The average Bonchev–Trinajstić information content (AvgIpc) is 3.48. The summed E-state index contributed by atoms with van der Waals surface area (Å²) in [6, 6.07) is 15.0. The topological polar surface area (TPSA) is 60.6 Å². The molecule has 1 fully saturated rings. The van der Waals surface area contributed by atoms with Gasteiger partial charge in [-0.25, -0.2) is 0 Å². The van der Waals surface area contributed by atoms with Gasteiger partial charge in [0, 0.05) is 5.70 Å². The minimum Gasteiger partial charge on any atom is -0.494 e. The lowest BCUT2D eigenvalue weighted by molar-refractivity contribution is 0.235. The second-order valence-corrected chi connectivity index (χ2v) is 9.94. The van der Waals surface area contributed by atoms with Crippen molar-refractivity contribution < 1.29 is 4.74 Å². The van der Waals surface area contributed by atoms with E-state index in [1.165, 1.54) is 54.9 Å². The molecule has 4 aliphatic rings.